The number of hydrogen-bond donors (Lipinski definition) is 1. The normalized spacial score (nSPS) is 17.7. The van der Waals surface area contributed by atoms with E-state index in [1.54, 1.807) is 0 Å². The molecule has 1 aliphatic rings. The number of rotatable bonds is 5. The Morgan fingerprint density at radius 2 is 2.00 bits per heavy atom. The molecule has 5 heteroatoms. The van der Waals surface area contributed by atoms with Gasteiger partial charge >= 0.3 is 0 Å². The van der Waals surface area contributed by atoms with Crippen molar-refractivity contribution in [3.63, 3.8) is 0 Å². The molecule has 4 nitrogen and oxygen atoms in total. The fourth-order valence-corrected chi connectivity index (χ4v) is 3.44. The van der Waals surface area contributed by atoms with E-state index in [0.29, 0.717) is 6.04 Å². The Morgan fingerprint density at radius 1 is 1.28 bits per heavy atom. The molecule has 0 aromatic carbocycles. The fraction of sp³-hybridized carbons (Fsp3) is 0.846. The Morgan fingerprint density at radius 3 is 2.56 bits per heavy atom. The summed E-state index contributed by atoms with van der Waals surface area (Å²) in [5.41, 5.74) is 5.66. The van der Waals surface area contributed by atoms with E-state index in [4.69, 9.17) is 5.73 Å². The molecule has 1 fully saturated rings. The predicted octanol–water partition coefficient (Wildman–Crippen LogP) is 2.72. The molecule has 102 valence electrons. The molecular formula is C13H24N4S. The summed E-state index contributed by atoms with van der Waals surface area (Å²) >= 11 is 1.53. The van der Waals surface area contributed by atoms with E-state index in [9.17, 15) is 0 Å². The van der Waals surface area contributed by atoms with E-state index in [1.807, 2.05) is 6.92 Å². The Balaban J connectivity index is 2.07. The molecule has 1 heterocycles. The van der Waals surface area contributed by atoms with Gasteiger partial charge in [-0.3, -0.25) is 0 Å². The van der Waals surface area contributed by atoms with Crippen molar-refractivity contribution in [2.45, 2.75) is 57.9 Å². The maximum Gasteiger partial charge on any atom is 0.205 e. The highest BCUT2D eigenvalue weighted by Crippen LogP contribution is 2.27. The summed E-state index contributed by atoms with van der Waals surface area (Å²) in [5, 5.41) is 1.09. The van der Waals surface area contributed by atoms with Crippen LogP contribution in [0.1, 0.15) is 50.8 Å². The maximum absolute atomic E-state index is 5.66. The summed E-state index contributed by atoms with van der Waals surface area (Å²) in [5.74, 6) is 0.890. The van der Waals surface area contributed by atoms with Crippen LogP contribution in [-0.2, 0) is 0 Å². The first kappa shape index (κ1) is 13.7. The second-order valence-electron chi connectivity index (χ2n) is 5.11. The number of anilines is 1. The second-order valence-corrected chi connectivity index (χ2v) is 5.84. The van der Waals surface area contributed by atoms with E-state index < -0.39 is 0 Å². The lowest BCUT2D eigenvalue weighted by Gasteiger charge is -2.30. The summed E-state index contributed by atoms with van der Waals surface area (Å²) in [7, 11) is 0. The van der Waals surface area contributed by atoms with E-state index in [1.165, 1.54) is 50.1 Å². The fourth-order valence-electron chi connectivity index (χ4n) is 2.67. The molecule has 0 unspecified atom stereocenters. The first-order chi connectivity index (χ1) is 8.81. The van der Waals surface area contributed by atoms with Crippen LogP contribution in [0.5, 0.6) is 0 Å². The van der Waals surface area contributed by atoms with Crippen LogP contribution in [0, 0.1) is 6.92 Å². The molecule has 1 aromatic rings. The zero-order valence-corrected chi connectivity index (χ0v) is 12.1. The molecule has 0 saturated heterocycles. The monoisotopic (exact) mass is 268 g/mol. The third-order valence-electron chi connectivity index (χ3n) is 3.63. The largest absolute Gasteiger partial charge is 0.344 e. The molecule has 1 aromatic heterocycles. The Hall–Kier alpha value is -0.680. The molecule has 0 atom stereocenters. The summed E-state index contributed by atoms with van der Waals surface area (Å²) in [6.07, 6.45) is 9.09. The van der Waals surface area contributed by atoms with Crippen LogP contribution in [0.2, 0.25) is 0 Å². The zero-order chi connectivity index (χ0) is 12.8. The lowest BCUT2D eigenvalue weighted by molar-refractivity contribution is 0.518. The number of aryl methyl sites for hydroxylation is 1. The number of nitrogens with zero attached hydrogens (tertiary/aromatic N) is 3. The first-order valence-corrected chi connectivity index (χ1v) is 7.85. The molecule has 2 rings (SSSR count). The second kappa shape index (κ2) is 7.04. The van der Waals surface area contributed by atoms with Gasteiger partial charge in [-0.1, -0.05) is 25.7 Å². The SMILES string of the molecule is Cc1nsc(N(CCCN)C2CCCCCC2)n1. The lowest BCUT2D eigenvalue weighted by atomic mass is 10.1. The van der Waals surface area contributed by atoms with Gasteiger partial charge in [0, 0.05) is 24.1 Å². The standard InChI is InChI=1S/C13H24N4S/c1-11-15-13(18-16-11)17(10-6-9-14)12-7-4-2-3-5-8-12/h12H,2-10,14H2,1H3. The van der Waals surface area contributed by atoms with Crippen molar-refractivity contribution in [3.8, 4) is 0 Å². The van der Waals surface area contributed by atoms with E-state index in [-0.39, 0.29) is 0 Å². The summed E-state index contributed by atoms with van der Waals surface area (Å²) in [6, 6.07) is 0.645. The van der Waals surface area contributed by atoms with Gasteiger partial charge in [-0.05, 0) is 32.7 Å². The highest BCUT2D eigenvalue weighted by atomic mass is 32.1. The summed E-state index contributed by atoms with van der Waals surface area (Å²) < 4.78 is 4.32. The quantitative estimate of drug-likeness (QED) is 0.834. The van der Waals surface area contributed by atoms with Crippen molar-refractivity contribution in [2.24, 2.45) is 5.73 Å². The average molecular weight is 268 g/mol. The van der Waals surface area contributed by atoms with Crippen LogP contribution >= 0.6 is 11.5 Å². The highest BCUT2D eigenvalue weighted by molar-refractivity contribution is 7.09. The Bertz CT molecular complexity index is 345. The summed E-state index contributed by atoms with van der Waals surface area (Å²) in [6.45, 7) is 3.74. The molecule has 0 bridgehead atoms. The minimum absolute atomic E-state index is 0.645. The molecule has 2 N–H and O–H groups in total. The number of nitrogens with two attached hydrogens (primary N) is 1. The van der Waals surface area contributed by atoms with Crippen LogP contribution in [0.3, 0.4) is 0 Å². The van der Waals surface area contributed by atoms with Crippen LogP contribution in [0.4, 0.5) is 5.13 Å². The van der Waals surface area contributed by atoms with Crippen molar-refractivity contribution in [2.75, 3.05) is 18.0 Å². The van der Waals surface area contributed by atoms with E-state index in [0.717, 1.165) is 30.5 Å². The topological polar surface area (TPSA) is 55.0 Å². The van der Waals surface area contributed by atoms with Gasteiger partial charge in [0.25, 0.3) is 0 Å². The van der Waals surface area contributed by atoms with Gasteiger partial charge in [0.05, 0.1) is 0 Å². The van der Waals surface area contributed by atoms with Gasteiger partial charge in [0.1, 0.15) is 5.82 Å². The Kier molecular flexibility index (Phi) is 5.38. The highest BCUT2D eigenvalue weighted by Gasteiger charge is 2.22. The lowest BCUT2D eigenvalue weighted by Crippen LogP contribution is -2.36. The van der Waals surface area contributed by atoms with Crippen LogP contribution in [0.15, 0.2) is 0 Å². The molecule has 1 aliphatic carbocycles. The molecule has 0 aliphatic heterocycles. The van der Waals surface area contributed by atoms with Gasteiger partial charge in [0.15, 0.2) is 0 Å². The van der Waals surface area contributed by atoms with Gasteiger partial charge < -0.3 is 10.6 Å². The van der Waals surface area contributed by atoms with Crippen molar-refractivity contribution >= 4 is 16.7 Å². The van der Waals surface area contributed by atoms with Gasteiger partial charge in [0.2, 0.25) is 5.13 Å². The van der Waals surface area contributed by atoms with E-state index >= 15 is 0 Å². The molecule has 18 heavy (non-hydrogen) atoms. The smallest absolute Gasteiger partial charge is 0.205 e. The molecule has 0 radical (unpaired) electrons. The Labute approximate surface area is 114 Å². The number of hydrogen-bond acceptors (Lipinski definition) is 5. The maximum atomic E-state index is 5.66. The third-order valence-corrected chi connectivity index (χ3v) is 4.48. The molecular weight excluding hydrogens is 244 g/mol. The van der Waals surface area contributed by atoms with Gasteiger partial charge in [-0.2, -0.15) is 4.37 Å². The molecule has 0 amide bonds. The minimum Gasteiger partial charge on any atom is -0.344 e. The zero-order valence-electron chi connectivity index (χ0n) is 11.3. The minimum atomic E-state index is 0.645. The number of aromatic nitrogens is 2. The molecule has 1 saturated carbocycles. The van der Waals surface area contributed by atoms with Crippen LogP contribution in [-0.4, -0.2) is 28.5 Å². The third kappa shape index (κ3) is 3.65. The van der Waals surface area contributed by atoms with Crippen LogP contribution < -0.4 is 10.6 Å². The van der Waals surface area contributed by atoms with Gasteiger partial charge in [-0.15, -0.1) is 0 Å². The van der Waals surface area contributed by atoms with Crippen molar-refractivity contribution in [3.05, 3.63) is 5.82 Å². The van der Waals surface area contributed by atoms with Gasteiger partial charge in [-0.25, -0.2) is 4.98 Å². The van der Waals surface area contributed by atoms with Crippen molar-refractivity contribution < 1.29 is 0 Å². The first-order valence-electron chi connectivity index (χ1n) is 7.08. The van der Waals surface area contributed by atoms with Crippen LogP contribution in [0.25, 0.3) is 0 Å². The van der Waals surface area contributed by atoms with Crippen molar-refractivity contribution in [1.82, 2.24) is 9.36 Å². The summed E-state index contributed by atoms with van der Waals surface area (Å²) in [4.78, 5) is 7.02. The van der Waals surface area contributed by atoms with E-state index in [2.05, 4.69) is 14.3 Å². The molecule has 0 spiro atoms. The van der Waals surface area contributed by atoms with Crippen molar-refractivity contribution in [1.29, 1.82) is 0 Å². The average Bonchev–Trinajstić information content (AvgIpc) is 2.65. The predicted molar refractivity (Wildman–Crippen MR) is 77.2 cm³/mol.